The highest BCUT2D eigenvalue weighted by molar-refractivity contribution is 7.47. The van der Waals surface area contributed by atoms with Gasteiger partial charge < -0.3 is 19.7 Å². The second kappa shape index (κ2) is 38.5. The van der Waals surface area contributed by atoms with Gasteiger partial charge >= 0.3 is 19.8 Å². The number of carbonyl (C=O) groups is 2. The van der Waals surface area contributed by atoms with Crippen molar-refractivity contribution in [1.82, 2.24) is 5.32 Å². The predicted octanol–water partition coefficient (Wildman–Crippen LogP) is 11.7. The summed E-state index contributed by atoms with van der Waals surface area (Å²) in [5.74, 6) is -0.804. The first-order valence-electron chi connectivity index (χ1n) is 21.1. The minimum Gasteiger partial charge on any atom is -0.462 e. The summed E-state index contributed by atoms with van der Waals surface area (Å²) in [6.45, 7) is 4.23. The third kappa shape index (κ3) is 38.3. The number of phosphoric acid groups is 1. The molecule has 0 aromatic rings. The van der Waals surface area contributed by atoms with Crippen LogP contribution in [0.1, 0.15) is 200 Å². The Hall–Kier alpha value is -1.25. The molecule has 0 bridgehead atoms. The van der Waals surface area contributed by atoms with Crippen LogP contribution in [0.5, 0.6) is 0 Å². The molecular formula is C41H80NO8P. The first kappa shape index (κ1) is 49.8. The van der Waals surface area contributed by atoms with E-state index in [0.717, 1.165) is 44.9 Å². The molecule has 2 unspecified atom stereocenters. The molecule has 0 heterocycles. The molecule has 0 aliphatic heterocycles. The van der Waals surface area contributed by atoms with Crippen molar-refractivity contribution in [2.45, 2.75) is 206 Å². The summed E-state index contributed by atoms with van der Waals surface area (Å²) in [5, 5.41) is 2.82. The number of unbranched alkanes of at least 4 members (excludes halogenated alkanes) is 24. The third-order valence-electron chi connectivity index (χ3n) is 9.14. The number of rotatable bonds is 40. The fourth-order valence-corrected chi connectivity index (χ4v) is 6.65. The van der Waals surface area contributed by atoms with Crippen LogP contribution in [0.25, 0.3) is 0 Å². The van der Waals surface area contributed by atoms with Crippen molar-refractivity contribution in [2.75, 3.05) is 33.4 Å². The van der Waals surface area contributed by atoms with E-state index in [9.17, 15) is 19.0 Å². The molecule has 10 heteroatoms. The van der Waals surface area contributed by atoms with Crippen molar-refractivity contribution in [3.63, 3.8) is 0 Å². The second-order valence-electron chi connectivity index (χ2n) is 14.2. The Kier molecular flexibility index (Phi) is 37.5. The minimum absolute atomic E-state index is 0.0148. The van der Waals surface area contributed by atoms with Gasteiger partial charge in [-0.3, -0.25) is 18.6 Å². The van der Waals surface area contributed by atoms with E-state index in [1.807, 2.05) is 0 Å². The maximum absolute atomic E-state index is 12.6. The Bertz CT molecular complexity index is 856. The standard InChI is InChI=1S/C41H80NO8P/c1-4-6-8-10-12-14-16-18-19-20-21-22-24-26-28-30-32-34-41(44)50-39(38-49-51(45,46)48-36-35-42-3)37-47-40(43)33-31-29-27-25-23-17-15-13-11-9-7-5-2/h18-19,39,42H,4-17,20-38H2,1-3H3,(H,45,46)/b19-18-. The Morgan fingerprint density at radius 1 is 0.588 bits per heavy atom. The summed E-state index contributed by atoms with van der Waals surface area (Å²) in [4.78, 5) is 35.0. The number of ether oxygens (including phenoxy) is 2. The van der Waals surface area contributed by atoms with E-state index in [4.69, 9.17) is 18.5 Å². The molecule has 0 aliphatic carbocycles. The maximum atomic E-state index is 12.6. The van der Waals surface area contributed by atoms with Crippen LogP contribution in [-0.2, 0) is 32.7 Å². The molecule has 0 amide bonds. The van der Waals surface area contributed by atoms with Crippen molar-refractivity contribution in [3.8, 4) is 0 Å². The second-order valence-corrected chi connectivity index (χ2v) is 15.6. The summed E-state index contributed by atoms with van der Waals surface area (Å²) >= 11 is 0. The van der Waals surface area contributed by atoms with Crippen LogP contribution in [-0.4, -0.2) is 56.3 Å². The average molecular weight is 746 g/mol. The van der Waals surface area contributed by atoms with Gasteiger partial charge in [0.25, 0.3) is 0 Å². The summed E-state index contributed by atoms with van der Waals surface area (Å²) in [5.41, 5.74) is 0. The molecule has 0 saturated carbocycles. The summed E-state index contributed by atoms with van der Waals surface area (Å²) in [6, 6.07) is 0. The maximum Gasteiger partial charge on any atom is 0.472 e. The normalized spacial score (nSPS) is 13.4. The van der Waals surface area contributed by atoms with Crippen LogP contribution in [0.15, 0.2) is 12.2 Å². The topological polar surface area (TPSA) is 120 Å². The Labute approximate surface area is 313 Å². The van der Waals surface area contributed by atoms with Gasteiger partial charge in [-0.25, -0.2) is 4.57 Å². The lowest BCUT2D eigenvalue weighted by Gasteiger charge is -2.20. The van der Waals surface area contributed by atoms with Gasteiger partial charge in [-0.05, 0) is 45.6 Å². The molecule has 0 saturated heterocycles. The van der Waals surface area contributed by atoms with Crippen LogP contribution < -0.4 is 5.32 Å². The van der Waals surface area contributed by atoms with Gasteiger partial charge in [-0.1, -0.05) is 161 Å². The molecule has 2 atom stereocenters. The lowest BCUT2D eigenvalue weighted by Crippen LogP contribution is -2.29. The first-order valence-corrected chi connectivity index (χ1v) is 22.6. The highest BCUT2D eigenvalue weighted by atomic mass is 31.2. The van der Waals surface area contributed by atoms with Gasteiger partial charge in [0.1, 0.15) is 6.61 Å². The zero-order valence-corrected chi connectivity index (χ0v) is 34.2. The lowest BCUT2D eigenvalue weighted by molar-refractivity contribution is -0.161. The van der Waals surface area contributed by atoms with Gasteiger partial charge in [-0.15, -0.1) is 0 Å². The highest BCUT2D eigenvalue weighted by Gasteiger charge is 2.26. The predicted molar refractivity (Wildman–Crippen MR) is 211 cm³/mol. The average Bonchev–Trinajstić information content (AvgIpc) is 3.11. The van der Waals surface area contributed by atoms with Crippen molar-refractivity contribution in [3.05, 3.63) is 12.2 Å². The molecule has 2 N–H and O–H groups in total. The largest absolute Gasteiger partial charge is 0.472 e. The van der Waals surface area contributed by atoms with Crippen LogP contribution in [0.3, 0.4) is 0 Å². The lowest BCUT2D eigenvalue weighted by atomic mass is 10.0. The van der Waals surface area contributed by atoms with Gasteiger partial charge in [0.2, 0.25) is 0 Å². The van der Waals surface area contributed by atoms with E-state index in [0.29, 0.717) is 19.4 Å². The summed E-state index contributed by atoms with van der Waals surface area (Å²) in [7, 11) is -2.64. The summed E-state index contributed by atoms with van der Waals surface area (Å²) < 4.78 is 33.1. The van der Waals surface area contributed by atoms with Gasteiger partial charge in [0.05, 0.1) is 13.2 Å². The number of hydrogen-bond acceptors (Lipinski definition) is 8. The van der Waals surface area contributed by atoms with Gasteiger partial charge in [0.15, 0.2) is 6.10 Å². The van der Waals surface area contributed by atoms with Crippen LogP contribution in [0, 0.1) is 0 Å². The van der Waals surface area contributed by atoms with E-state index < -0.39 is 26.5 Å². The van der Waals surface area contributed by atoms with E-state index >= 15 is 0 Å². The van der Waals surface area contributed by atoms with E-state index in [1.165, 1.54) is 122 Å². The van der Waals surface area contributed by atoms with E-state index in [1.54, 1.807) is 7.05 Å². The molecule has 0 rings (SSSR count). The number of phosphoric ester groups is 1. The molecule has 0 spiro atoms. The smallest absolute Gasteiger partial charge is 0.462 e. The number of likely N-dealkylation sites (N-methyl/N-ethyl adjacent to an activating group) is 1. The molecular weight excluding hydrogens is 665 g/mol. The van der Waals surface area contributed by atoms with Crippen molar-refractivity contribution >= 4 is 19.8 Å². The molecule has 0 radical (unpaired) electrons. The molecule has 0 aromatic carbocycles. The Morgan fingerprint density at radius 3 is 1.45 bits per heavy atom. The van der Waals surface area contributed by atoms with E-state index in [2.05, 4.69) is 31.3 Å². The Morgan fingerprint density at radius 2 is 1.00 bits per heavy atom. The third-order valence-corrected chi connectivity index (χ3v) is 10.1. The van der Waals surface area contributed by atoms with Crippen LogP contribution >= 0.6 is 7.82 Å². The van der Waals surface area contributed by atoms with Gasteiger partial charge in [-0.2, -0.15) is 0 Å². The molecule has 302 valence electrons. The van der Waals surface area contributed by atoms with Gasteiger partial charge in [0, 0.05) is 19.4 Å². The zero-order valence-electron chi connectivity index (χ0n) is 33.3. The van der Waals surface area contributed by atoms with Crippen molar-refractivity contribution in [1.29, 1.82) is 0 Å². The summed E-state index contributed by atoms with van der Waals surface area (Å²) in [6.07, 6.45) is 36.8. The fraction of sp³-hybridized carbons (Fsp3) is 0.902. The molecule has 0 aromatic heterocycles. The van der Waals surface area contributed by atoms with Crippen LogP contribution in [0.2, 0.25) is 0 Å². The number of allylic oxidation sites excluding steroid dienone is 2. The monoisotopic (exact) mass is 746 g/mol. The molecule has 0 aliphatic rings. The van der Waals surface area contributed by atoms with E-state index in [-0.39, 0.29) is 25.6 Å². The SMILES string of the molecule is CCCCCCCC/C=C\CCCCCCCCCC(=O)OC(COC(=O)CCCCCCCCCCCCCC)COP(=O)(O)OCCNC. The quantitative estimate of drug-likeness (QED) is 0.0273. The Balaban J connectivity index is 4.21. The number of esters is 2. The fourth-order valence-electron chi connectivity index (χ4n) is 5.90. The number of carbonyl (C=O) groups excluding carboxylic acids is 2. The molecule has 0 fully saturated rings. The minimum atomic E-state index is -4.34. The highest BCUT2D eigenvalue weighted by Crippen LogP contribution is 2.43. The number of hydrogen-bond donors (Lipinski definition) is 2. The molecule has 9 nitrogen and oxygen atoms in total. The van der Waals surface area contributed by atoms with Crippen molar-refractivity contribution < 1.29 is 37.6 Å². The van der Waals surface area contributed by atoms with Crippen molar-refractivity contribution in [2.24, 2.45) is 0 Å². The van der Waals surface area contributed by atoms with Crippen LogP contribution in [0.4, 0.5) is 0 Å². The molecule has 51 heavy (non-hydrogen) atoms. The zero-order chi connectivity index (χ0) is 37.5. The first-order chi connectivity index (χ1) is 24.8. The number of nitrogens with one attached hydrogen (secondary N) is 1.